The summed E-state index contributed by atoms with van der Waals surface area (Å²) in [5.41, 5.74) is 1.89. The van der Waals surface area contributed by atoms with Crippen molar-refractivity contribution in [1.29, 1.82) is 0 Å². The molecule has 6 nitrogen and oxygen atoms in total. The van der Waals surface area contributed by atoms with Crippen molar-refractivity contribution < 1.29 is 17.9 Å². The lowest BCUT2D eigenvalue weighted by Crippen LogP contribution is -2.43. The van der Waals surface area contributed by atoms with E-state index in [1.807, 2.05) is 24.0 Å². The van der Waals surface area contributed by atoms with Crippen molar-refractivity contribution >= 4 is 21.6 Å². The number of nitrogens with zero attached hydrogens (tertiary/aromatic N) is 1. The topological polar surface area (TPSA) is 75.7 Å². The van der Waals surface area contributed by atoms with Crippen LogP contribution in [0.1, 0.15) is 61.4 Å². The van der Waals surface area contributed by atoms with Crippen molar-refractivity contribution in [2.24, 2.45) is 5.92 Å². The largest absolute Gasteiger partial charge is 0.495 e. The van der Waals surface area contributed by atoms with Crippen LogP contribution in [0.4, 0.5) is 5.69 Å². The molecule has 1 N–H and O–H groups in total. The summed E-state index contributed by atoms with van der Waals surface area (Å²) in [6.45, 7) is 4.20. The third-order valence-corrected chi connectivity index (χ3v) is 7.96. The van der Waals surface area contributed by atoms with Crippen LogP contribution in [0.3, 0.4) is 0 Å². The van der Waals surface area contributed by atoms with Crippen LogP contribution in [0.15, 0.2) is 47.4 Å². The van der Waals surface area contributed by atoms with E-state index in [0.717, 1.165) is 44.1 Å². The number of hydrogen-bond donors (Lipinski definition) is 1. The van der Waals surface area contributed by atoms with E-state index in [9.17, 15) is 13.2 Å². The predicted molar refractivity (Wildman–Crippen MR) is 126 cm³/mol. The quantitative estimate of drug-likeness (QED) is 0.637. The summed E-state index contributed by atoms with van der Waals surface area (Å²) in [6, 6.07) is 12.3. The van der Waals surface area contributed by atoms with Crippen LogP contribution in [0.5, 0.6) is 5.75 Å². The Morgan fingerprint density at radius 3 is 2.12 bits per heavy atom. The molecule has 0 aliphatic heterocycles. The molecule has 0 radical (unpaired) electrons. The van der Waals surface area contributed by atoms with E-state index in [0.29, 0.717) is 17.2 Å². The fourth-order valence-corrected chi connectivity index (χ4v) is 5.76. The lowest BCUT2D eigenvalue weighted by Gasteiger charge is -2.36. The Morgan fingerprint density at radius 2 is 1.56 bits per heavy atom. The van der Waals surface area contributed by atoms with Gasteiger partial charge >= 0.3 is 0 Å². The molecule has 0 atom stereocenters. The molecule has 32 heavy (non-hydrogen) atoms. The minimum Gasteiger partial charge on any atom is -0.495 e. The number of amides is 1. The number of anilines is 1. The fourth-order valence-electron chi connectivity index (χ4n) is 4.50. The van der Waals surface area contributed by atoms with Gasteiger partial charge in [-0.3, -0.25) is 9.52 Å². The first-order chi connectivity index (χ1) is 15.3. The first kappa shape index (κ1) is 22.6. The average Bonchev–Trinajstić information content (AvgIpc) is 3.61. The van der Waals surface area contributed by atoms with Gasteiger partial charge in [-0.05, 0) is 81.7 Å². The van der Waals surface area contributed by atoms with Gasteiger partial charge in [0.05, 0.1) is 7.11 Å². The second kappa shape index (κ2) is 9.14. The van der Waals surface area contributed by atoms with Gasteiger partial charge in [0.1, 0.15) is 10.6 Å². The lowest BCUT2D eigenvalue weighted by molar-refractivity contribution is 0.0592. The van der Waals surface area contributed by atoms with Crippen molar-refractivity contribution in [1.82, 2.24) is 4.90 Å². The van der Waals surface area contributed by atoms with E-state index in [2.05, 4.69) is 11.6 Å². The van der Waals surface area contributed by atoms with Crippen LogP contribution in [-0.2, 0) is 10.0 Å². The van der Waals surface area contributed by atoms with Crippen LogP contribution in [0.2, 0.25) is 0 Å². The van der Waals surface area contributed by atoms with Crippen LogP contribution in [0, 0.1) is 12.8 Å². The predicted octanol–water partition coefficient (Wildman–Crippen LogP) is 4.99. The summed E-state index contributed by atoms with van der Waals surface area (Å²) >= 11 is 0. The SMILES string of the molecule is COc1ccc(C(=O)N(C2CCC(C)CC2)C2CC2)cc1S(=O)(=O)Nc1ccc(C)cc1. The van der Waals surface area contributed by atoms with Crippen LogP contribution < -0.4 is 9.46 Å². The molecule has 7 heteroatoms. The van der Waals surface area contributed by atoms with Crippen molar-refractivity contribution in [2.75, 3.05) is 11.8 Å². The second-order valence-corrected chi connectivity index (χ2v) is 10.8. The minimum atomic E-state index is -3.93. The molecule has 0 bridgehead atoms. The van der Waals surface area contributed by atoms with E-state index in [1.54, 1.807) is 24.3 Å². The Labute approximate surface area is 191 Å². The van der Waals surface area contributed by atoms with Crippen LogP contribution in [-0.4, -0.2) is 38.4 Å². The van der Waals surface area contributed by atoms with Gasteiger partial charge in [0.25, 0.3) is 15.9 Å². The molecular weight excluding hydrogens is 424 g/mol. The summed E-state index contributed by atoms with van der Waals surface area (Å²) in [7, 11) is -2.50. The molecule has 0 unspecified atom stereocenters. The fraction of sp³-hybridized carbons (Fsp3) is 0.480. The molecule has 0 heterocycles. The molecule has 2 fully saturated rings. The van der Waals surface area contributed by atoms with Gasteiger partial charge < -0.3 is 9.64 Å². The number of rotatable bonds is 7. The zero-order valence-electron chi connectivity index (χ0n) is 19.0. The highest BCUT2D eigenvalue weighted by atomic mass is 32.2. The first-order valence-corrected chi connectivity index (χ1v) is 12.9. The number of sulfonamides is 1. The van der Waals surface area contributed by atoms with Crippen LogP contribution >= 0.6 is 0 Å². The number of aryl methyl sites for hydroxylation is 1. The van der Waals surface area contributed by atoms with Gasteiger partial charge in [0.2, 0.25) is 0 Å². The molecule has 2 aromatic rings. The average molecular weight is 457 g/mol. The van der Waals surface area contributed by atoms with E-state index in [1.165, 1.54) is 13.2 Å². The molecule has 0 aromatic heterocycles. The summed E-state index contributed by atoms with van der Waals surface area (Å²) in [5, 5.41) is 0. The standard InChI is InChI=1S/C25H32N2O4S/c1-17-4-9-20(10-5-17)26-32(29,30)24-16-19(8-15-23(24)31-3)25(28)27(22-13-14-22)21-11-6-18(2)7-12-21/h4-5,8-10,15-16,18,21-22,26H,6-7,11-14H2,1-3H3. The van der Waals surface area contributed by atoms with Gasteiger partial charge in [-0.2, -0.15) is 0 Å². The van der Waals surface area contributed by atoms with E-state index < -0.39 is 10.0 Å². The van der Waals surface area contributed by atoms with Gasteiger partial charge in [0.15, 0.2) is 0 Å². The minimum absolute atomic E-state index is 0.0283. The van der Waals surface area contributed by atoms with Gasteiger partial charge in [-0.15, -0.1) is 0 Å². The zero-order chi connectivity index (χ0) is 22.9. The number of benzene rings is 2. The molecule has 172 valence electrons. The number of methoxy groups -OCH3 is 1. The Balaban J connectivity index is 1.63. The first-order valence-electron chi connectivity index (χ1n) is 11.4. The Morgan fingerprint density at radius 1 is 0.969 bits per heavy atom. The molecule has 1 amide bonds. The van der Waals surface area contributed by atoms with E-state index >= 15 is 0 Å². The highest BCUT2D eigenvalue weighted by molar-refractivity contribution is 7.92. The molecule has 2 aliphatic carbocycles. The number of hydrogen-bond acceptors (Lipinski definition) is 4. The van der Waals surface area contributed by atoms with Gasteiger partial charge in [0, 0.05) is 23.3 Å². The van der Waals surface area contributed by atoms with Gasteiger partial charge in [-0.1, -0.05) is 24.6 Å². The Hall–Kier alpha value is -2.54. The number of carbonyl (C=O) groups excluding carboxylic acids is 1. The summed E-state index contributed by atoms with van der Waals surface area (Å²) in [6.07, 6.45) is 6.33. The maximum absolute atomic E-state index is 13.6. The zero-order valence-corrected chi connectivity index (χ0v) is 19.8. The van der Waals surface area contributed by atoms with E-state index in [4.69, 9.17) is 4.74 Å². The number of nitrogens with one attached hydrogen (secondary N) is 1. The normalized spacial score (nSPS) is 21.1. The summed E-state index contributed by atoms with van der Waals surface area (Å²) < 4.78 is 34.3. The molecule has 2 aromatic carbocycles. The molecular formula is C25H32N2O4S. The third-order valence-electron chi connectivity index (χ3n) is 6.56. The molecule has 0 saturated heterocycles. The van der Waals surface area contributed by atoms with Crippen molar-refractivity contribution in [3.05, 3.63) is 53.6 Å². The summed E-state index contributed by atoms with van der Waals surface area (Å²) in [5.74, 6) is 0.833. The molecule has 2 saturated carbocycles. The smallest absolute Gasteiger partial charge is 0.265 e. The van der Waals surface area contributed by atoms with Crippen molar-refractivity contribution in [2.45, 2.75) is 69.4 Å². The van der Waals surface area contributed by atoms with Crippen molar-refractivity contribution in [3.8, 4) is 5.75 Å². The van der Waals surface area contributed by atoms with E-state index in [-0.39, 0.29) is 28.6 Å². The number of ether oxygens (including phenoxy) is 1. The lowest BCUT2D eigenvalue weighted by atomic mass is 9.86. The van der Waals surface area contributed by atoms with Gasteiger partial charge in [-0.25, -0.2) is 8.42 Å². The Kier molecular flexibility index (Phi) is 6.47. The van der Waals surface area contributed by atoms with Crippen molar-refractivity contribution in [3.63, 3.8) is 0 Å². The highest BCUT2D eigenvalue weighted by Crippen LogP contribution is 2.37. The maximum atomic E-state index is 13.6. The Bertz CT molecular complexity index is 1070. The number of carbonyl (C=O) groups is 1. The molecule has 4 rings (SSSR count). The third kappa shape index (κ3) is 4.93. The van der Waals surface area contributed by atoms with Crippen LogP contribution in [0.25, 0.3) is 0 Å². The maximum Gasteiger partial charge on any atom is 0.265 e. The summed E-state index contributed by atoms with van der Waals surface area (Å²) in [4.78, 5) is 15.5. The highest BCUT2D eigenvalue weighted by Gasteiger charge is 2.39. The molecule has 0 spiro atoms. The monoisotopic (exact) mass is 456 g/mol. The second-order valence-electron chi connectivity index (χ2n) is 9.19. The molecule has 2 aliphatic rings.